The molecule has 5 nitrogen and oxygen atoms in total. The predicted molar refractivity (Wildman–Crippen MR) is 69.6 cm³/mol. The summed E-state index contributed by atoms with van der Waals surface area (Å²) in [6.07, 6.45) is 2.72. The molecule has 1 aromatic carbocycles. The minimum absolute atomic E-state index is 0.00379. The zero-order valence-corrected chi connectivity index (χ0v) is 10.7. The molecule has 1 heterocycles. The summed E-state index contributed by atoms with van der Waals surface area (Å²) >= 11 is 0. The van der Waals surface area contributed by atoms with E-state index in [2.05, 4.69) is 23.8 Å². The van der Waals surface area contributed by atoms with Crippen molar-refractivity contribution in [2.45, 2.75) is 19.8 Å². The number of carboxylic acid groups (broad SMARTS) is 1. The van der Waals surface area contributed by atoms with Crippen LogP contribution in [0.4, 0.5) is 0 Å². The second-order valence-corrected chi connectivity index (χ2v) is 4.34. The minimum Gasteiger partial charge on any atom is -0.476 e. The average Bonchev–Trinajstić information content (AvgIpc) is 2.39. The van der Waals surface area contributed by atoms with Crippen LogP contribution < -0.4 is 4.74 Å². The van der Waals surface area contributed by atoms with E-state index in [1.807, 2.05) is 18.2 Å². The van der Waals surface area contributed by atoms with Crippen molar-refractivity contribution in [3.8, 4) is 11.6 Å². The second-order valence-electron chi connectivity index (χ2n) is 4.34. The van der Waals surface area contributed by atoms with Gasteiger partial charge in [-0.25, -0.2) is 14.8 Å². The van der Waals surface area contributed by atoms with Crippen molar-refractivity contribution in [3.05, 3.63) is 47.9 Å². The molecular formula is C14H14N2O3. The Labute approximate surface area is 110 Å². The van der Waals surface area contributed by atoms with Gasteiger partial charge in [0.25, 0.3) is 5.88 Å². The number of aromatic carboxylic acids is 1. The number of carboxylic acids is 1. The van der Waals surface area contributed by atoms with Crippen LogP contribution in [0.25, 0.3) is 0 Å². The van der Waals surface area contributed by atoms with Gasteiger partial charge in [0.2, 0.25) is 5.69 Å². The van der Waals surface area contributed by atoms with Crippen LogP contribution in [-0.2, 0) is 0 Å². The van der Waals surface area contributed by atoms with E-state index in [1.165, 1.54) is 12.4 Å². The second kappa shape index (κ2) is 5.48. The van der Waals surface area contributed by atoms with Gasteiger partial charge < -0.3 is 9.84 Å². The third kappa shape index (κ3) is 3.07. The maximum absolute atomic E-state index is 11.0. The van der Waals surface area contributed by atoms with Crippen LogP contribution in [0.3, 0.4) is 0 Å². The number of nitrogens with zero attached hydrogens (tertiary/aromatic N) is 2. The van der Waals surface area contributed by atoms with E-state index in [-0.39, 0.29) is 11.6 Å². The Hall–Kier alpha value is -2.43. The molecule has 0 saturated carbocycles. The smallest absolute Gasteiger partial charge is 0.360 e. The standard InChI is InChI=1S/C14H14N2O3/c1-9(2)10-4-3-5-11(8-10)19-13-12(14(17)18)15-6-7-16-13/h3-9H,1-2H3,(H,17,18). The molecule has 5 heteroatoms. The van der Waals surface area contributed by atoms with Crippen LogP contribution in [0, 0.1) is 0 Å². The van der Waals surface area contributed by atoms with Gasteiger partial charge in [-0.1, -0.05) is 26.0 Å². The highest BCUT2D eigenvalue weighted by atomic mass is 16.5. The first kappa shape index (κ1) is 13.0. The molecule has 0 saturated heterocycles. The molecule has 0 amide bonds. The molecule has 2 aromatic rings. The van der Waals surface area contributed by atoms with Crippen molar-refractivity contribution in [1.29, 1.82) is 0 Å². The number of hydrogen-bond donors (Lipinski definition) is 1. The lowest BCUT2D eigenvalue weighted by Gasteiger charge is -2.09. The van der Waals surface area contributed by atoms with Gasteiger partial charge in [-0.15, -0.1) is 0 Å². The van der Waals surface area contributed by atoms with Crippen LogP contribution in [0.15, 0.2) is 36.7 Å². The van der Waals surface area contributed by atoms with Crippen molar-refractivity contribution in [2.24, 2.45) is 0 Å². The van der Waals surface area contributed by atoms with Crippen molar-refractivity contribution in [2.75, 3.05) is 0 Å². The molecule has 0 atom stereocenters. The van der Waals surface area contributed by atoms with Crippen LogP contribution in [0.5, 0.6) is 11.6 Å². The highest BCUT2D eigenvalue weighted by Gasteiger charge is 2.15. The van der Waals surface area contributed by atoms with Gasteiger partial charge in [-0.3, -0.25) is 0 Å². The van der Waals surface area contributed by atoms with Gasteiger partial charge >= 0.3 is 5.97 Å². The Morgan fingerprint density at radius 2 is 2.00 bits per heavy atom. The molecule has 98 valence electrons. The van der Waals surface area contributed by atoms with E-state index in [0.717, 1.165) is 5.56 Å². The van der Waals surface area contributed by atoms with Crippen molar-refractivity contribution >= 4 is 5.97 Å². The zero-order valence-electron chi connectivity index (χ0n) is 10.7. The lowest BCUT2D eigenvalue weighted by Crippen LogP contribution is -2.04. The monoisotopic (exact) mass is 258 g/mol. The third-order valence-electron chi connectivity index (χ3n) is 2.61. The molecule has 19 heavy (non-hydrogen) atoms. The van der Waals surface area contributed by atoms with Crippen LogP contribution in [0.2, 0.25) is 0 Å². The fourth-order valence-electron chi connectivity index (χ4n) is 1.60. The molecule has 0 bridgehead atoms. The highest BCUT2D eigenvalue weighted by Crippen LogP contribution is 2.25. The minimum atomic E-state index is -1.16. The predicted octanol–water partition coefficient (Wildman–Crippen LogP) is 3.09. The molecule has 2 rings (SSSR count). The fourth-order valence-corrected chi connectivity index (χ4v) is 1.60. The summed E-state index contributed by atoms with van der Waals surface area (Å²) < 4.78 is 5.51. The number of rotatable bonds is 4. The number of aromatic nitrogens is 2. The summed E-state index contributed by atoms with van der Waals surface area (Å²) in [6, 6.07) is 7.48. The average molecular weight is 258 g/mol. The first-order valence-electron chi connectivity index (χ1n) is 5.90. The zero-order chi connectivity index (χ0) is 13.8. The number of ether oxygens (including phenoxy) is 1. The maximum atomic E-state index is 11.0. The summed E-state index contributed by atoms with van der Waals surface area (Å²) in [5.41, 5.74) is 0.913. The van der Waals surface area contributed by atoms with E-state index in [1.54, 1.807) is 6.07 Å². The Morgan fingerprint density at radius 3 is 2.68 bits per heavy atom. The number of hydrogen-bond acceptors (Lipinski definition) is 4. The number of benzene rings is 1. The van der Waals surface area contributed by atoms with Gasteiger partial charge in [-0.2, -0.15) is 0 Å². The lowest BCUT2D eigenvalue weighted by molar-refractivity contribution is 0.0686. The molecule has 1 aromatic heterocycles. The summed E-state index contributed by atoms with van der Waals surface area (Å²) in [5.74, 6) is -0.252. The molecule has 0 aliphatic carbocycles. The lowest BCUT2D eigenvalue weighted by atomic mass is 10.0. The van der Waals surface area contributed by atoms with E-state index >= 15 is 0 Å². The van der Waals surface area contributed by atoms with E-state index in [0.29, 0.717) is 11.7 Å². The van der Waals surface area contributed by atoms with Gasteiger partial charge in [0.15, 0.2) is 0 Å². The fraction of sp³-hybridized carbons (Fsp3) is 0.214. The largest absolute Gasteiger partial charge is 0.476 e. The maximum Gasteiger partial charge on any atom is 0.360 e. The molecule has 0 aliphatic heterocycles. The summed E-state index contributed by atoms with van der Waals surface area (Å²) in [6.45, 7) is 4.15. The normalized spacial score (nSPS) is 10.5. The SMILES string of the molecule is CC(C)c1cccc(Oc2nccnc2C(=O)O)c1. The highest BCUT2D eigenvalue weighted by molar-refractivity contribution is 5.87. The molecular weight excluding hydrogens is 244 g/mol. The van der Waals surface area contributed by atoms with Gasteiger partial charge in [0.1, 0.15) is 5.75 Å². The van der Waals surface area contributed by atoms with E-state index in [4.69, 9.17) is 9.84 Å². The van der Waals surface area contributed by atoms with Gasteiger partial charge in [0.05, 0.1) is 0 Å². The molecule has 0 aliphatic rings. The molecule has 0 unspecified atom stereocenters. The summed E-state index contributed by atoms with van der Waals surface area (Å²) in [4.78, 5) is 18.7. The van der Waals surface area contributed by atoms with Crippen molar-refractivity contribution in [1.82, 2.24) is 9.97 Å². The quantitative estimate of drug-likeness (QED) is 0.912. The van der Waals surface area contributed by atoms with Gasteiger partial charge in [0, 0.05) is 12.4 Å². The van der Waals surface area contributed by atoms with Crippen LogP contribution in [-0.4, -0.2) is 21.0 Å². The summed E-state index contributed by atoms with van der Waals surface area (Å²) in [7, 11) is 0. The van der Waals surface area contributed by atoms with Crippen molar-refractivity contribution < 1.29 is 14.6 Å². The Balaban J connectivity index is 2.31. The Kier molecular flexibility index (Phi) is 3.75. The third-order valence-corrected chi connectivity index (χ3v) is 2.61. The first-order valence-corrected chi connectivity index (χ1v) is 5.90. The van der Waals surface area contributed by atoms with E-state index < -0.39 is 5.97 Å². The molecule has 0 radical (unpaired) electrons. The molecule has 0 spiro atoms. The Bertz CT molecular complexity index is 597. The number of carbonyl (C=O) groups is 1. The van der Waals surface area contributed by atoms with Crippen molar-refractivity contribution in [3.63, 3.8) is 0 Å². The topological polar surface area (TPSA) is 72.3 Å². The van der Waals surface area contributed by atoms with Crippen LogP contribution in [0.1, 0.15) is 35.8 Å². The first-order chi connectivity index (χ1) is 9.08. The Morgan fingerprint density at radius 1 is 1.26 bits per heavy atom. The van der Waals surface area contributed by atoms with Gasteiger partial charge in [-0.05, 0) is 23.6 Å². The molecule has 0 fully saturated rings. The van der Waals surface area contributed by atoms with Crippen LogP contribution >= 0.6 is 0 Å². The molecule has 1 N–H and O–H groups in total. The summed E-state index contributed by atoms with van der Waals surface area (Å²) in [5, 5.41) is 9.00. The van der Waals surface area contributed by atoms with E-state index in [9.17, 15) is 4.79 Å².